The molecular weight excluding hydrogens is 256 g/mol. The fraction of sp³-hybridized carbons (Fsp3) is 0.333. The predicted octanol–water partition coefficient (Wildman–Crippen LogP) is 0.397. The van der Waals surface area contributed by atoms with Gasteiger partial charge < -0.3 is 25.2 Å². The van der Waals surface area contributed by atoms with Gasteiger partial charge in [0.15, 0.2) is 6.10 Å². The van der Waals surface area contributed by atoms with Crippen molar-refractivity contribution in [3.8, 4) is 11.5 Å². The first-order chi connectivity index (χ1) is 8.73. The van der Waals surface area contributed by atoms with Crippen LogP contribution in [0.25, 0.3) is 0 Å². The van der Waals surface area contributed by atoms with Crippen LogP contribution in [0.2, 0.25) is 0 Å². The maximum absolute atomic E-state index is 11.8. The molecule has 0 radical (unpaired) electrons. The largest absolute Gasteiger partial charge is 0.508 e. The molecule has 0 unspecified atom stereocenters. The smallest absolute Gasteiger partial charge is 0.342 e. The quantitative estimate of drug-likeness (QED) is 0.583. The summed E-state index contributed by atoms with van der Waals surface area (Å²) in [5.41, 5.74) is 0.0711. The summed E-state index contributed by atoms with van der Waals surface area (Å²) >= 11 is 0. The number of esters is 1. The van der Waals surface area contributed by atoms with Crippen molar-refractivity contribution in [2.45, 2.75) is 26.1 Å². The number of ether oxygens (including phenoxy) is 1. The summed E-state index contributed by atoms with van der Waals surface area (Å²) in [6, 6.07) is 2.20. The van der Waals surface area contributed by atoms with Crippen molar-refractivity contribution in [3.05, 3.63) is 23.3 Å². The second-order valence-electron chi connectivity index (χ2n) is 4.05. The molecule has 4 N–H and O–H groups in total. The van der Waals surface area contributed by atoms with E-state index in [4.69, 9.17) is 9.84 Å². The molecule has 1 aromatic rings. The molecule has 0 aromatic heterocycles. The van der Waals surface area contributed by atoms with Gasteiger partial charge in [-0.15, -0.1) is 0 Å². The first kappa shape index (κ1) is 14.8. The van der Waals surface area contributed by atoms with Crippen LogP contribution in [0.5, 0.6) is 11.5 Å². The van der Waals surface area contributed by atoms with E-state index in [9.17, 15) is 24.9 Å². The maximum atomic E-state index is 11.8. The lowest BCUT2D eigenvalue weighted by Crippen LogP contribution is -2.35. The summed E-state index contributed by atoms with van der Waals surface area (Å²) in [6.07, 6.45) is -3.14. The van der Waals surface area contributed by atoms with Crippen molar-refractivity contribution in [2.75, 3.05) is 0 Å². The first-order valence-corrected chi connectivity index (χ1v) is 5.38. The number of aliphatic hydroxyl groups excluding tert-OH is 1. The number of benzene rings is 1. The van der Waals surface area contributed by atoms with Gasteiger partial charge in [-0.2, -0.15) is 0 Å². The van der Waals surface area contributed by atoms with Gasteiger partial charge in [0, 0.05) is 6.07 Å². The molecule has 0 fully saturated rings. The highest BCUT2D eigenvalue weighted by Gasteiger charge is 2.27. The maximum Gasteiger partial charge on any atom is 0.342 e. The van der Waals surface area contributed by atoms with E-state index in [1.807, 2.05) is 0 Å². The molecule has 1 aromatic carbocycles. The van der Waals surface area contributed by atoms with E-state index in [2.05, 4.69) is 0 Å². The Morgan fingerprint density at radius 1 is 1.26 bits per heavy atom. The Morgan fingerprint density at radius 2 is 1.84 bits per heavy atom. The zero-order valence-electron chi connectivity index (χ0n) is 10.3. The highest BCUT2D eigenvalue weighted by molar-refractivity contribution is 5.94. The molecule has 2 atom stereocenters. The monoisotopic (exact) mass is 270 g/mol. The second kappa shape index (κ2) is 5.57. The van der Waals surface area contributed by atoms with E-state index in [1.54, 1.807) is 0 Å². The number of hydrogen-bond acceptors (Lipinski definition) is 6. The molecule has 7 nitrogen and oxygen atoms in total. The van der Waals surface area contributed by atoms with Crippen LogP contribution in [0.4, 0.5) is 0 Å². The molecule has 104 valence electrons. The molecule has 19 heavy (non-hydrogen) atoms. The molecule has 0 bridgehead atoms. The summed E-state index contributed by atoms with van der Waals surface area (Å²) in [5.74, 6) is -3.21. The molecule has 0 saturated heterocycles. The number of carbonyl (C=O) groups excluding carboxylic acids is 1. The lowest BCUT2D eigenvalue weighted by atomic mass is 10.1. The van der Waals surface area contributed by atoms with Crippen LogP contribution in [-0.2, 0) is 9.53 Å². The third-order valence-corrected chi connectivity index (χ3v) is 2.49. The minimum atomic E-state index is -1.86. The lowest BCUT2D eigenvalue weighted by molar-refractivity contribution is -0.152. The molecular formula is C12H14O7. The van der Waals surface area contributed by atoms with E-state index < -0.39 is 29.9 Å². The van der Waals surface area contributed by atoms with Gasteiger partial charge >= 0.3 is 11.9 Å². The van der Waals surface area contributed by atoms with Crippen LogP contribution in [0, 0.1) is 6.92 Å². The van der Waals surface area contributed by atoms with Crippen LogP contribution in [0.1, 0.15) is 22.8 Å². The number of hydrogen-bond donors (Lipinski definition) is 4. The molecule has 7 heteroatoms. The predicted molar refractivity (Wildman–Crippen MR) is 63.0 cm³/mol. The third-order valence-electron chi connectivity index (χ3n) is 2.49. The van der Waals surface area contributed by atoms with Gasteiger partial charge in [0.05, 0.1) is 0 Å². The Labute approximate surface area is 108 Å². The van der Waals surface area contributed by atoms with Gasteiger partial charge in [-0.1, -0.05) is 0 Å². The molecule has 0 aliphatic carbocycles. The molecule has 0 heterocycles. The molecule has 0 aliphatic rings. The Hall–Kier alpha value is -2.28. The summed E-state index contributed by atoms with van der Waals surface area (Å²) in [5, 5.41) is 36.5. The Balaban J connectivity index is 2.94. The number of phenols is 2. The topological polar surface area (TPSA) is 124 Å². The molecule has 0 amide bonds. The molecule has 0 saturated carbocycles. The van der Waals surface area contributed by atoms with Crippen molar-refractivity contribution < 1.29 is 34.8 Å². The first-order valence-electron chi connectivity index (χ1n) is 5.38. The number of aryl methyl sites for hydroxylation is 1. The number of carboxylic acids is 1. The summed E-state index contributed by atoms with van der Waals surface area (Å²) in [7, 11) is 0. The zero-order valence-corrected chi connectivity index (χ0v) is 10.3. The summed E-state index contributed by atoms with van der Waals surface area (Å²) in [6.45, 7) is 2.68. The highest BCUT2D eigenvalue weighted by Crippen LogP contribution is 2.27. The van der Waals surface area contributed by atoms with Crippen LogP contribution in [0.15, 0.2) is 12.1 Å². The van der Waals surface area contributed by atoms with Crippen LogP contribution in [-0.4, -0.2) is 44.6 Å². The van der Waals surface area contributed by atoms with E-state index in [1.165, 1.54) is 19.9 Å². The van der Waals surface area contributed by atoms with Gasteiger partial charge in [0.25, 0.3) is 0 Å². The van der Waals surface area contributed by atoms with Crippen LogP contribution in [0.3, 0.4) is 0 Å². The average Bonchev–Trinajstić information content (AvgIpc) is 2.25. The van der Waals surface area contributed by atoms with Crippen molar-refractivity contribution >= 4 is 11.9 Å². The Morgan fingerprint density at radius 3 is 2.32 bits per heavy atom. The Kier molecular flexibility index (Phi) is 4.34. The summed E-state index contributed by atoms with van der Waals surface area (Å²) < 4.78 is 4.75. The zero-order chi connectivity index (χ0) is 14.7. The number of carboxylic acid groups (broad SMARTS) is 1. The number of aliphatic carboxylic acids is 1. The summed E-state index contributed by atoms with van der Waals surface area (Å²) in [4.78, 5) is 22.3. The molecule has 0 spiro atoms. The van der Waals surface area contributed by atoms with Crippen molar-refractivity contribution in [3.63, 3.8) is 0 Å². The van der Waals surface area contributed by atoms with Crippen LogP contribution < -0.4 is 0 Å². The van der Waals surface area contributed by atoms with Gasteiger partial charge in [-0.3, -0.25) is 0 Å². The van der Waals surface area contributed by atoms with E-state index in [0.717, 1.165) is 6.07 Å². The fourth-order valence-electron chi connectivity index (χ4n) is 1.51. The highest BCUT2D eigenvalue weighted by atomic mass is 16.6. The number of carbonyl (C=O) groups is 2. The van der Waals surface area contributed by atoms with Gasteiger partial charge in [0.2, 0.25) is 0 Å². The molecule has 1 rings (SSSR count). The van der Waals surface area contributed by atoms with Crippen molar-refractivity contribution in [1.29, 1.82) is 0 Å². The number of aromatic hydroxyl groups is 2. The normalized spacial score (nSPS) is 13.6. The SMILES string of the molecule is Cc1cc(O)cc(O)c1C(=O)O[C@H](C)[C@H](O)C(=O)O. The average molecular weight is 270 g/mol. The van der Waals surface area contributed by atoms with Crippen molar-refractivity contribution in [1.82, 2.24) is 0 Å². The third kappa shape index (κ3) is 3.35. The number of aliphatic hydroxyl groups is 1. The molecule has 0 aliphatic heterocycles. The standard InChI is InChI=1S/C12H14O7/c1-5-3-7(13)4-8(14)9(5)12(18)19-6(2)10(15)11(16)17/h3-4,6,10,13-15H,1-2H3,(H,16,17)/t6-,10+/m1/s1. The van der Waals surface area contributed by atoms with E-state index >= 15 is 0 Å². The second-order valence-corrected chi connectivity index (χ2v) is 4.05. The number of phenolic OH excluding ortho intramolecular Hbond substituents is 2. The lowest BCUT2D eigenvalue weighted by Gasteiger charge is -2.17. The van der Waals surface area contributed by atoms with Gasteiger partial charge in [-0.05, 0) is 25.5 Å². The van der Waals surface area contributed by atoms with Gasteiger partial charge in [0.1, 0.15) is 23.2 Å². The van der Waals surface area contributed by atoms with E-state index in [-0.39, 0.29) is 16.9 Å². The van der Waals surface area contributed by atoms with E-state index in [0.29, 0.717) is 0 Å². The minimum absolute atomic E-state index is 0.192. The number of rotatable bonds is 4. The van der Waals surface area contributed by atoms with Crippen molar-refractivity contribution in [2.24, 2.45) is 0 Å². The van der Waals surface area contributed by atoms with Gasteiger partial charge in [-0.25, -0.2) is 9.59 Å². The minimum Gasteiger partial charge on any atom is -0.508 e. The fourth-order valence-corrected chi connectivity index (χ4v) is 1.51. The van der Waals surface area contributed by atoms with Crippen LogP contribution >= 0.6 is 0 Å². The Bertz CT molecular complexity index is 486.